The molecular weight excluding hydrogens is 140 g/mol. The molecule has 0 amide bonds. The highest BCUT2D eigenvalue weighted by atomic mass is 32.2. The monoisotopic (exact) mass is 154 g/mol. The van der Waals surface area contributed by atoms with Crippen molar-refractivity contribution in [3.8, 4) is 0 Å². The van der Waals surface area contributed by atoms with E-state index in [1.807, 2.05) is 6.26 Å². The summed E-state index contributed by atoms with van der Waals surface area (Å²) in [7, 11) is 0. The van der Waals surface area contributed by atoms with Gasteiger partial charge in [-0.15, -0.1) is 0 Å². The summed E-state index contributed by atoms with van der Waals surface area (Å²) < 4.78 is 0. The van der Waals surface area contributed by atoms with E-state index in [-0.39, 0.29) is 12.1 Å². The molecule has 58 valence electrons. The molecule has 4 N–H and O–H groups in total. The molecule has 0 aliphatic heterocycles. The van der Waals surface area contributed by atoms with Gasteiger partial charge in [-0.2, -0.15) is 11.8 Å². The first kappa shape index (κ1) is 12.0. The van der Waals surface area contributed by atoms with Crippen molar-refractivity contribution in [2.24, 2.45) is 0 Å². The predicted molar refractivity (Wildman–Crippen MR) is 39.7 cm³/mol. The lowest BCUT2D eigenvalue weighted by atomic mass is 10.3. The van der Waals surface area contributed by atoms with Crippen LogP contribution in [0.5, 0.6) is 0 Å². The maximum Gasteiger partial charge on any atom is 0.0778 e. The molecule has 0 aromatic heterocycles. The Morgan fingerprint density at radius 2 is 2.11 bits per heavy atom. The van der Waals surface area contributed by atoms with E-state index in [1.54, 1.807) is 11.8 Å². The first-order valence-corrected chi connectivity index (χ1v) is 3.98. The van der Waals surface area contributed by atoms with E-state index in [0.29, 0.717) is 6.42 Å². The lowest BCUT2D eigenvalue weighted by molar-refractivity contribution is 0.0932. The Morgan fingerprint density at radius 1 is 1.56 bits per heavy atom. The summed E-state index contributed by atoms with van der Waals surface area (Å²) in [4.78, 5) is 0. The van der Waals surface area contributed by atoms with E-state index in [9.17, 15) is 0 Å². The second-order valence-corrected chi connectivity index (χ2v) is 2.60. The first-order valence-electron chi connectivity index (χ1n) is 2.59. The standard InChI is InChI=1S/C5H12O2S.H2O/c1-8-3-2-5(7)4-6;/h5-7H,2-4H2,1H3;1H2. The van der Waals surface area contributed by atoms with Gasteiger partial charge in [-0.1, -0.05) is 0 Å². The third kappa shape index (κ3) is 8.23. The Kier molecular flexibility index (Phi) is 10.9. The molecule has 3 nitrogen and oxygen atoms in total. The van der Waals surface area contributed by atoms with Gasteiger partial charge >= 0.3 is 0 Å². The Bertz CT molecular complexity index is 51.5. The molecule has 0 aliphatic carbocycles. The molecular formula is C5H14O3S. The molecule has 0 aliphatic rings. The Hall–Kier alpha value is 0.230. The first-order chi connectivity index (χ1) is 3.81. The van der Waals surface area contributed by atoms with E-state index in [2.05, 4.69) is 0 Å². The molecule has 4 heteroatoms. The van der Waals surface area contributed by atoms with Gasteiger partial charge in [-0.25, -0.2) is 0 Å². The van der Waals surface area contributed by atoms with Gasteiger partial charge < -0.3 is 15.7 Å². The van der Waals surface area contributed by atoms with E-state index >= 15 is 0 Å². The smallest absolute Gasteiger partial charge is 0.0778 e. The topological polar surface area (TPSA) is 72.0 Å². The maximum absolute atomic E-state index is 8.73. The molecule has 9 heavy (non-hydrogen) atoms. The molecule has 0 aromatic carbocycles. The number of aliphatic hydroxyl groups is 2. The lowest BCUT2D eigenvalue weighted by Gasteiger charge is -2.02. The molecule has 0 heterocycles. The highest BCUT2D eigenvalue weighted by molar-refractivity contribution is 7.98. The largest absolute Gasteiger partial charge is 0.412 e. The van der Waals surface area contributed by atoms with E-state index in [0.717, 1.165) is 5.75 Å². The predicted octanol–water partition coefficient (Wildman–Crippen LogP) is -0.732. The van der Waals surface area contributed by atoms with E-state index < -0.39 is 6.10 Å². The quantitative estimate of drug-likeness (QED) is 0.560. The van der Waals surface area contributed by atoms with Gasteiger partial charge in [0, 0.05) is 0 Å². The van der Waals surface area contributed by atoms with Crippen molar-refractivity contribution >= 4 is 11.8 Å². The number of aliphatic hydroxyl groups excluding tert-OH is 2. The van der Waals surface area contributed by atoms with Crippen molar-refractivity contribution in [2.45, 2.75) is 12.5 Å². The number of rotatable bonds is 4. The minimum absolute atomic E-state index is 0. The third-order valence-corrected chi connectivity index (χ3v) is 1.51. The van der Waals surface area contributed by atoms with Crippen LogP contribution in [0.15, 0.2) is 0 Å². The van der Waals surface area contributed by atoms with Crippen LogP contribution in [0.2, 0.25) is 0 Å². The minimum Gasteiger partial charge on any atom is -0.412 e. The lowest BCUT2D eigenvalue weighted by Crippen LogP contribution is -2.12. The van der Waals surface area contributed by atoms with Crippen LogP contribution < -0.4 is 0 Å². The van der Waals surface area contributed by atoms with Gasteiger partial charge in [-0.05, 0) is 18.4 Å². The van der Waals surface area contributed by atoms with Crippen molar-refractivity contribution in [2.75, 3.05) is 18.6 Å². The van der Waals surface area contributed by atoms with Crippen molar-refractivity contribution in [3.05, 3.63) is 0 Å². The third-order valence-electron chi connectivity index (χ3n) is 0.866. The van der Waals surface area contributed by atoms with Crippen LogP contribution in [0.25, 0.3) is 0 Å². The summed E-state index contributed by atoms with van der Waals surface area (Å²) in [6, 6.07) is 0. The van der Waals surface area contributed by atoms with Crippen LogP contribution in [0.4, 0.5) is 0 Å². The maximum atomic E-state index is 8.73. The zero-order valence-corrected chi connectivity index (χ0v) is 6.32. The molecule has 0 aromatic rings. The van der Waals surface area contributed by atoms with Gasteiger partial charge in [0.1, 0.15) is 0 Å². The fourth-order valence-electron chi connectivity index (χ4n) is 0.345. The number of hydrogen-bond acceptors (Lipinski definition) is 3. The normalized spacial score (nSPS) is 12.3. The van der Waals surface area contributed by atoms with Crippen molar-refractivity contribution < 1.29 is 15.7 Å². The summed E-state index contributed by atoms with van der Waals surface area (Å²) in [6.07, 6.45) is 2.16. The molecule has 0 spiro atoms. The van der Waals surface area contributed by atoms with Crippen LogP contribution in [0.3, 0.4) is 0 Å². The molecule has 1 atom stereocenters. The van der Waals surface area contributed by atoms with Crippen molar-refractivity contribution in [3.63, 3.8) is 0 Å². The minimum atomic E-state index is -0.512. The summed E-state index contributed by atoms with van der Waals surface area (Å²) in [5.74, 6) is 0.918. The van der Waals surface area contributed by atoms with Gasteiger partial charge in [0.25, 0.3) is 0 Å². The van der Waals surface area contributed by atoms with Crippen LogP contribution in [0, 0.1) is 0 Å². The molecule has 0 bridgehead atoms. The van der Waals surface area contributed by atoms with Gasteiger partial charge in [0.2, 0.25) is 0 Å². The summed E-state index contributed by atoms with van der Waals surface area (Å²) in [5.41, 5.74) is 0. The number of hydrogen-bond donors (Lipinski definition) is 2. The molecule has 0 radical (unpaired) electrons. The fraction of sp³-hybridized carbons (Fsp3) is 1.00. The summed E-state index contributed by atoms with van der Waals surface area (Å²) in [6.45, 7) is -0.111. The van der Waals surface area contributed by atoms with E-state index in [4.69, 9.17) is 10.2 Å². The van der Waals surface area contributed by atoms with Crippen molar-refractivity contribution in [1.29, 1.82) is 0 Å². The second-order valence-electron chi connectivity index (χ2n) is 1.62. The highest BCUT2D eigenvalue weighted by Gasteiger charge is 1.98. The summed E-state index contributed by atoms with van der Waals surface area (Å²) >= 11 is 1.67. The zero-order valence-electron chi connectivity index (χ0n) is 5.50. The summed E-state index contributed by atoms with van der Waals surface area (Å²) in [5, 5.41) is 17.0. The van der Waals surface area contributed by atoms with Gasteiger partial charge in [0.15, 0.2) is 0 Å². The SMILES string of the molecule is CSCCC(O)CO.O. The van der Waals surface area contributed by atoms with Gasteiger partial charge in [0.05, 0.1) is 12.7 Å². The van der Waals surface area contributed by atoms with Gasteiger partial charge in [-0.3, -0.25) is 0 Å². The van der Waals surface area contributed by atoms with Crippen LogP contribution in [-0.4, -0.2) is 40.4 Å². The number of thioether (sulfide) groups is 1. The average molecular weight is 154 g/mol. The average Bonchev–Trinajstić information content (AvgIpc) is 1.83. The Balaban J connectivity index is 0. The van der Waals surface area contributed by atoms with Crippen molar-refractivity contribution in [1.82, 2.24) is 0 Å². The second kappa shape index (κ2) is 8.23. The van der Waals surface area contributed by atoms with E-state index in [1.165, 1.54) is 0 Å². The van der Waals surface area contributed by atoms with Crippen LogP contribution in [-0.2, 0) is 0 Å². The molecule has 0 saturated heterocycles. The fourth-order valence-corrected chi connectivity index (χ4v) is 0.853. The highest BCUT2D eigenvalue weighted by Crippen LogP contribution is 1.98. The Labute approximate surface area is 59.4 Å². The molecule has 0 saturated carbocycles. The van der Waals surface area contributed by atoms with Crippen LogP contribution >= 0.6 is 11.8 Å². The Morgan fingerprint density at radius 3 is 2.44 bits per heavy atom. The molecule has 0 fully saturated rings. The molecule has 0 rings (SSSR count). The van der Waals surface area contributed by atoms with Crippen LogP contribution in [0.1, 0.15) is 6.42 Å². The molecule has 1 unspecified atom stereocenters. The zero-order chi connectivity index (χ0) is 6.41.